The van der Waals surface area contributed by atoms with E-state index >= 15 is 0 Å². The molecule has 3 nitrogen and oxygen atoms in total. The van der Waals surface area contributed by atoms with E-state index in [1.165, 1.54) is 32.1 Å². The zero-order valence-corrected chi connectivity index (χ0v) is 25.9. The van der Waals surface area contributed by atoms with Crippen LogP contribution in [0.1, 0.15) is 91.5 Å². The molecule has 3 fully saturated rings. The first kappa shape index (κ1) is 30.1. The molecule has 4 heteroatoms. The molecule has 39 heavy (non-hydrogen) atoms. The molecule has 0 aromatic heterocycles. The molecule has 0 amide bonds. The van der Waals surface area contributed by atoms with Crippen molar-refractivity contribution in [3.05, 3.63) is 77.4 Å². The fourth-order valence-corrected chi connectivity index (χ4v) is 8.36. The molecule has 0 aliphatic heterocycles. The van der Waals surface area contributed by atoms with Gasteiger partial charge in [0.15, 0.2) is 0 Å². The third-order valence-corrected chi connectivity index (χ3v) is 11.6. The Kier molecular flexibility index (Phi) is 9.49. The highest BCUT2D eigenvalue weighted by atomic mass is 32.2. The lowest BCUT2D eigenvalue weighted by molar-refractivity contribution is 0.112. The van der Waals surface area contributed by atoms with Crippen molar-refractivity contribution < 1.29 is 12.6 Å². The molecule has 3 aliphatic rings. The van der Waals surface area contributed by atoms with Gasteiger partial charge in [-0.05, 0) is 105 Å². The molecular weight excluding hydrogens is 500 g/mol. The number of aryl methyl sites for hydroxylation is 1. The average molecular weight is 551 g/mol. The smallest absolute Gasteiger partial charge is 0.263 e. The molecule has 0 radical (unpaired) electrons. The largest absolute Gasteiger partial charge is 0.297 e. The van der Waals surface area contributed by atoms with Crippen molar-refractivity contribution in [3.8, 4) is 0 Å². The minimum absolute atomic E-state index is 0.227. The zero-order valence-electron chi connectivity index (χ0n) is 25.1. The van der Waals surface area contributed by atoms with E-state index in [9.17, 15) is 8.42 Å². The van der Waals surface area contributed by atoms with Crippen LogP contribution in [-0.4, -0.2) is 14.5 Å². The van der Waals surface area contributed by atoms with E-state index in [0.29, 0.717) is 41.9 Å². The third kappa shape index (κ3) is 6.88. The molecular formula is C35H50O3S. The van der Waals surface area contributed by atoms with Gasteiger partial charge >= 0.3 is 0 Å². The van der Waals surface area contributed by atoms with Crippen LogP contribution in [0.15, 0.2) is 76.8 Å². The first-order valence-corrected chi connectivity index (χ1v) is 16.6. The van der Waals surface area contributed by atoms with E-state index in [-0.39, 0.29) is 11.0 Å². The van der Waals surface area contributed by atoms with Gasteiger partial charge in [0.1, 0.15) is 0 Å². The van der Waals surface area contributed by atoms with Crippen molar-refractivity contribution in [1.29, 1.82) is 0 Å². The predicted molar refractivity (Wildman–Crippen MR) is 163 cm³/mol. The van der Waals surface area contributed by atoms with Gasteiger partial charge in [0, 0.05) is 6.42 Å². The van der Waals surface area contributed by atoms with Crippen molar-refractivity contribution in [2.24, 2.45) is 35.0 Å². The van der Waals surface area contributed by atoms with Crippen LogP contribution < -0.4 is 0 Å². The van der Waals surface area contributed by atoms with Crippen molar-refractivity contribution in [2.45, 2.75) is 104 Å². The molecule has 4 rings (SSSR count). The topological polar surface area (TPSA) is 43.4 Å². The molecule has 0 saturated heterocycles. The summed E-state index contributed by atoms with van der Waals surface area (Å²) in [6.45, 7) is 18.2. The second kappa shape index (κ2) is 12.3. The van der Waals surface area contributed by atoms with Gasteiger partial charge in [0.2, 0.25) is 0 Å². The molecule has 0 bridgehead atoms. The second-order valence-corrected chi connectivity index (χ2v) is 14.8. The van der Waals surface area contributed by atoms with E-state index in [1.807, 2.05) is 19.1 Å². The van der Waals surface area contributed by atoms with Crippen LogP contribution in [-0.2, 0) is 14.3 Å². The molecule has 3 aliphatic carbocycles. The second-order valence-electron chi connectivity index (χ2n) is 13.2. The van der Waals surface area contributed by atoms with Gasteiger partial charge < -0.3 is 0 Å². The van der Waals surface area contributed by atoms with E-state index in [0.717, 1.165) is 29.0 Å². The van der Waals surface area contributed by atoms with Crippen molar-refractivity contribution in [1.82, 2.24) is 0 Å². The summed E-state index contributed by atoms with van der Waals surface area (Å²) < 4.78 is 31.5. The number of fused-ring (bicyclic) bond motifs is 1. The molecule has 0 heterocycles. The van der Waals surface area contributed by atoms with Crippen molar-refractivity contribution in [2.75, 3.05) is 0 Å². The Morgan fingerprint density at radius 3 is 2.41 bits per heavy atom. The maximum Gasteiger partial charge on any atom is 0.297 e. The van der Waals surface area contributed by atoms with Crippen LogP contribution in [0.4, 0.5) is 0 Å². The fraction of sp³-hybridized carbons (Fsp3) is 0.600. The summed E-state index contributed by atoms with van der Waals surface area (Å²) in [5.41, 5.74) is 5.21. The molecule has 3 saturated carbocycles. The Hall–Kier alpha value is -1.91. The van der Waals surface area contributed by atoms with Crippen molar-refractivity contribution in [3.63, 3.8) is 0 Å². The predicted octanol–water partition coefficient (Wildman–Crippen LogP) is 9.36. The Labute approximate surface area is 238 Å². The van der Waals surface area contributed by atoms with Gasteiger partial charge in [-0.1, -0.05) is 94.3 Å². The van der Waals surface area contributed by atoms with Gasteiger partial charge in [-0.3, -0.25) is 4.18 Å². The highest BCUT2D eigenvalue weighted by molar-refractivity contribution is 7.86. The lowest BCUT2D eigenvalue weighted by Crippen LogP contribution is -2.35. The minimum atomic E-state index is -3.78. The summed E-state index contributed by atoms with van der Waals surface area (Å²) in [4.78, 5) is 0.227. The Bertz CT molecular complexity index is 1220. The SMILES string of the molecule is C=C1CC[C@H](OS(=O)(=O)c2ccc(C)cc2)C/C1=C/C=C1\CCCC2(C)[C@@H]([C@H](C)/C=C/[C@H](C)C(C)C)CC[C@@H]12. The first-order chi connectivity index (χ1) is 18.4. The lowest BCUT2D eigenvalue weighted by atomic mass is 9.61. The number of hydrogen-bond donors (Lipinski definition) is 0. The highest BCUT2D eigenvalue weighted by Crippen LogP contribution is 2.59. The molecule has 0 spiro atoms. The van der Waals surface area contributed by atoms with Crippen LogP contribution >= 0.6 is 0 Å². The van der Waals surface area contributed by atoms with E-state index in [1.54, 1.807) is 17.7 Å². The summed E-state index contributed by atoms with van der Waals surface area (Å²) in [7, 11) is -3.78. The normalized spacial score (nSPS) is 31.8. The van der Waals surface area contributed by atoms with E-state index in [2.05, 4.69) is 65.5 Å². The van der Waals surface area contributed by atoms with Gasteiger partial charge in [-0.2, -0.15) is 8.42 Å². The minimum Gasteiger partial charge on any atom is -0.263 e. The summed E-state index contributed by atoms with van der Waals surface area (Å²) in [6.07, 6.45) is 17.5. The Balaban J connectivity index is 1.46. The summed E-state index contributed by atoms with van der Waals surface area (Å²) in [5.74, 6) is 3.26. The van der Waals surface area contributed by atoms with Gasteiger partial charge in [0.25, 0.3) is 10.1 Å². The van der Waals surface area contributed by atoms with Crippen LogP contribution in [0, 0.1) is 41.9 Å². The molecule has 1 aromatic carbocycles. The number of benzene rings is 1. The van der Waals surface area contributed by atoms with Crippen LogP contribution in [0.5, 0.6) is 0 Å². The van der Waals surface area contributed by atoms with E-state index < -0.39 is 10.1 Å². The first-order valence-electron chi connectivity index (χ1n) is 15.2. The molecule has 6 atom stereocenters. The third-order valence-electron chi connectivity index (χ3n) is 10.2. The summed E-state index contributed by atoms with van der Waals surface area (Å²) in [5, 5.41) is 0. The quantitative estimate of drug-likeness (QED) is 0.239. The maximum absolute atomic E-state index is 12.9. The molecule has 0 N–H and O–H groups in total. The fourth-order valence-electron chi connectivity index (χ4n) is 7.25. The Morgan fingerprint density at radius 2 is 1.72 bits per heavy atom. The summed E-state index contributed by atoms with van der Waals surface area (Å²) >= 11 is 0. The molecule has 1 aromatic rings. The Morgan fingerprint density at radius 1 is 1.00 bits per heavy atom. The standard InChI is InChI=1S/C35H50O3S/c1-24(2)26(4)12-13-28(6)33-20-21-34-29(9-8-22-35(33,34)7)15-16-30-23-31(17-14-27(30)5)38-39(36,37)32-18-10-25(3)11-19-32/h10-13,15-16,18-19,24,26,28,31,33-34H,5,8-9,14,17,20-23H2,1-4,6-7H3/b13-12+,29-15+,30-16-/t26-,28+,31-,33+,34-,35?/m0/s1. The number of allylic oxidation sites excluding steroid dienone is 6. The van der Waals surface area contributed by atoms with E-state index in [4.69, 9.17) is 4.18 Å². The van der Waals surface area contributed by atoms with Crippen molar-refractivity contribution >= 4 is 10.1 Å². The maximum atomic E-state index is 12.9. The highest BCUT2D eigenvalue weighted by Gasteiger charge is 2.50. The van der Waals surface area contributed by atoms with Crippen LogP contribution in [0.2, 0.25) is 0 Å². The van der Waals surface area contributed by atoms with Gasteiger partial charge in [0.05, 0.1) is 11.0 Å². The average Bonchev–Trinajstić information content (AvgIpc) is 3.25. The van der Waals surface area contributed by atoms with Gasteiger partial charge in [-0.15, -0.1) is 0 Å². The monoisotopic (exact) mass is 550 g/mol. The molecule has 1 unspecified atom stereocenters. The lowest BCUT2D eigenvalue weighted by Gasteiger charge is -2.44. The summed E-state index contributed by atoms with van der Waals surface area (Å²) in [6, 6.07) is 6.88. The number of rotatable bonds is 8. The van der Waals surface area contributed by atoms with Crippen LogP contribution in [0.25, 0.3) is 0 Å². The van der Waals surface area contributed by atoms with Crippen LogP contribution in [0.3, 0.4) is 0 Å². The number of hydrogen-bond acceptors (Lipinski definition) is 3. The van der Waals surface area contributed by atoms with Gasteiger partial charge in [-0.25, -0.2) is 0 Å². The molecule has 214 valence electrons. The zero-order chi connectivity index (χ0) is 28.4.